The van der Waals surface area contributed by atoms with Crippen LogP contribution in [0.5, 0.6) is 5.75 Å². The third-order valence-corrected chi connectivity index (χ3v) is 9.60. The van der Waals surface area contributed by atoms with Gasteiger partial charge in [-0.3, -0.25) is 14.5 Å². The van der Waals surface area contributed by atoms with Crippen molar-refractivity contribution in [3.05, 3.63) is 64.8 Å². The van der Waals surface area contributed by atoms with Crippen molar-refractivity contribution in [1.82, 2.24) is 14.8 Å². The number of H-pyrrole nitrogens is 1. The summed E-state index contributed by atoms with van der Waals surface area (Å²) in [5, 5.41) is 21.2. The van der Waals surface area contributed by atoms with E-state index >= 15 is 0 Å². The lowest BCUT2D eigenvalue weighted by Crippen LogP contribution is -2.55. The number of aryl methyl sites for hydroxylation is 1. The molecule has 1 amide bonds. The number of aliphatic carboxylic acids is 1. The maximum Gasteiger partial charge on any atom is 0.303 e. The number of likely N-dealkylation sites (tertiary alicyclic amines) is 1. The summed E-state index contributed by atoms with van der Waals surface area (Å²) >= 11 is 0. The molecule has 2 aliphatic heterocycles. The van der Waals surface area contributed by atoms with Crippen LogP contribution in [0.4, 0.5) is 0 Å². The number of carboxylic acid groups (broad SMARTS) is 1. The van der Waals surface area contributed by atoms with Gasteiger partial charge in [-0.2, -0.15) is 0 Å². The van der Waals surface area contributed by atoms with Crippen LogP contribution >= 0.6 is 0 Å². The number of nitrogens with zero attached hydrogens (tertiary/aromatic N) is 2. The highest BCUT2D eigenvalue weighted by Gasteiger charge is 2.48. The summed E-state index contributed by atoms with van der Waals surface area (Å²) in [6.07, 6.45) is 5.48. The van der Waals surface area contributed by atoms with Gasteiger partial charge in [0.05, 0.1) is 19.8 Å². The second-order valence-electron chi connectivity index (χ2n) is 11.8. The predicted molar refractivity (Wildman–Crippen MR) is 152 cm³/mol. The average molecular weight is 546 g/mol. The van der Waals surface area contributed by atoms with Gasteiger partial charge in [0.2, 0.25) is 5.91 Å². The van der Waals surface area contributed by atoms with Crippen molar-refractivity contribution < 1.29 is 24.5 Å². The van der Waals surface area contributed by atoms with Crippen LogP contribution in [0, 0.1) is 5.92 Å². The van der Waals surface area contributed by atoms with Gasteiger partial charge in [0.15, 0.2) is 0 Å². The molecule has 3 heterocycles. The number of hydrogen-bond donors (Lipinski definition) is 3. The number of aromatic nitrogens is 1. The van der Waals surface area contributed by atoms with Crippen LogP contribution in [-0.4, -0.2) is 70.2 Å². The molecular weight excluding hydrogens is 506 g/mol. The molecule has 2 aromatic carbocycles. The predicted octanol–water partition coefficient (Wildman–Crippen LogP) is 4.40. The van der Waals surface area contributed by atoms with Gasteiger partial charge >= 0.3 is 5.97 Å². The number of hydrogen-bond acceptors (Lipinski definition) is 5. The summed E-state index contributed by atoms with van der Waals surface area (Å²) in [7, 11) is 1.67. The SMILES string of the molecule is COc1ccc2c3c([nH]c2c1)C(CO)N(Cc1ccccc1CCC(=O)O)CC31CCN(C(=O)C2CCC2)CC1. The topological polar surface area (TPSA) is 106 Å². The molecule has 6 rings (SSSR count). The molecular formula is C32H39N3O5. The van der Waals surface area contributed by atoms with E-state index in [0.717, 1.165) is 85.2 Å². The number of nitrogens with one attached hydrogen (secondary N) is 1. The number of aliphatic hydroxyl groups excluding tert-OH is 1. The minimum Gasteiger partial charge on any atom is -0.497 e. The van der Waals surface area contributed by atoms with E-state index in [1.165, 1.54) is 5.56 Å². The highest BCUT2D eigenvalue weighted by Crippen LogP contribution is 2.49. The molecule has 1 spiro atoms. The monoisotopic (exact) mass is 545 g/mol. The Bertz CT molecular complexity index is 1400. The zero-order chi connectivity index (χ0) is 27.9. The molecule has 1 unspecified atom stereocenters. The average Bonchev–Trinajstić information content (AvgIpc) is 3.31. The van der Waals surface area contributed by atoms with Crippen molar-refractivity contribution in [2.45, 2.75) is 62.9 Å². The van der Waals surface area contributed by atoms with Gasteiger partial charge < -0.3 is 24.8 Å². The Morgan fingerprint density at radius 1 is 1.10 bits per heavy atom. The normalized spacial score (nSPS) is 20.9. The van der Waals surface area contributed by atoms with Crippen LogP contribution in [0.15, 0.2) is 42.5 Å². The molecule has 3 N–H and O–H groups in total. The van der Waals surface area contributed by atoms with Crippen molar-refractivity contribution in [2.24, 2.45) is 5.92 Å². The third-order valence-electron chi connectivity index (χ3n) is 9.60. The number of fused-ring (bicyclic) bond motifs is 4. The van der Waals surface area contributed by atoms with E-state index in [0.29, 0.717) is 18.9 Å². The number of carboxylic acids is 1. The van der Waals surface area contributed by atoms with Crippen LogP contribution in [0.25, 0.3) is 10.9 Å². The van der Waals surface area contributed by atoms with Gasteiger partial charge in [-0.15, -0.1) is 0 Å². The summed E-state index contributed by atoms with van der Waals surface area (Å²) in [5.41, 5.74) is 5.27. The molecule has 1 atom stereocenters. The molecule has 1 saturated carbocycles. The molecule has 212 valence electrons. The van der Waals surface area contributed by atoms with Crippen LogP contribution < -0.4 is 4.74 Å². The van der Waals surface area contributed by atoms with Gasteiger partial charge in [-0.05, 0) is 60.9 Å². The lowest BCUT2D eigenvalue weighted by molar-refractivity contribution is -0.140. The first kappa shape index (κ1) is 26.8. The van der Waals surface area contributed by atoms with Crippen LogP contribution in [0.1, 0.15) is 67.0 Å². The van der Waals surface area contributed by atoms with E-state index < -0.39 is 5.97 Å². The fraction of sp³-hybridized carbons (Fsp3) is 0.500. The van der Waals surface area contributed by atoms with E-state index in [9.17, 15) is 19.8 Å². The number of ether oxygens (including phenoxy) is 1. The summed E-state index contributed by atoms with van der Waals surface area (Å²) in [6.45, 7) is 2.83. The fourth-order valence-corrected chi connectivity index (χ4v) is 7.17. The van der Waals surface area contributed by atoms with Gasteiger partial charge in [-0.25, -0.2) is 0 Å². The summed E-state index contributed by atoms with van der Waals surface area (Å²) in [5.74, 6) is 0.500. The molecule has 0 radical (unpaired) electrons. The zero-order valence-corrected chi connectivity index (χ0v) is 23.2. The van der Waals surface area contributed by atoms with Crippen LogP contribution in [-0.2, 0) is 28.0 Å². The number of amides is 1. The van der Waals surface area contributed by atoms with Crippen LogP contribution in [0.3, 0.4) is 0 Å². The Hall–Kier alpha value is -3.36. The van der Waals surface area contributed by atoms with Crippen molar-refractivity contribution in [3.8, 4) is 5.75 Å². The molecule has 8 nitrogen and oxygen atoms in total. The van der Waals surface area contributed by atoms with Crippen molar-refractivity contribution in [3.63, 3.8) is 0 Å². The summed E-state index contributed by atoms with van der Waals surface area (Å²) in [4.78, 5) is 32.5. The number of piperidine rings is 1. The maximum absolute atomic E-state index is 13.1. The van der Waals surface area contributed by atoms with E-state index in [1.807, 2.05) is 30.3 Å². The number of aliphatic hydroxyl groups is 1. The largest absolute Gasteiger partial charge is 0.497 e. The highest BCUT2D eigenvalue weighted by atomic mass is 16.5. The molecule has 3 aromatic rings. The lowest BCUT2D eigenvalue weighted by Gasteiger charge is -2.51. The minimum absolute atomic E-state index is 0.0311. The van der Waals surface area contributed by atoms with Crippen molar-refractivity contribution in [2.75, 3.05) is 33.4 Å². The number of carbonyl (C=O) groups excluding carboxylic acids is 1. The number of methoxy groups -OCH3 is 1. The number of carbonyl (C=O) groups is 2. The summed E-state index contributed by atoms with van der Waals surface area (Å²) < 4.78 is 5.51. The number of benzene rings is 2. The molecule has 40 heavy (non-hydrogen) atoms. The van der Waals surface area contributed by atoms with Crippen molar-refractivity contribution in [1.29, 1.82) is 0 Å². The molecule has 2 fully saturated rings. The molecule has 3 aliphatic rings. The summed E-state index contributed by atoms with van der Waals surface area (Å²) in [6, 6.07) is 14.0. The van der Waals surface area contributed by atoms with E-state index in [1.54, 1.807) is 7.11 Å². The molecule has 0 bridgehead atoms. The second-order valence-corrected chi connectivity index (χ2v) is 11.8. The smallest absolute Gasteiger partial charge is 0.303 e. The number of rotatable bonds is 8. The Labute approximate surface area is 234 Å². The first-order valence-electron chi connectivity index (χ1n) is 14.5. The molecule has 1 aliphatic carbocycles. The lowest BCUT2D eigenvalue weighted by atomic mass is 9.68. The van der Waals surface area contributed by atoms with Crippen LogP contribution in [0.2, 0.25) is 0 Å². The minimum atomic E-state index is -0.804. The molecule has 1 saturated heterocycles. The van der Waals surface area contributed by atoms with E-state index in [2.05, 4.69) is 26.9 Å². The van der Waals surface area contributed by atoms with E-state index in [-0.39, 0.29) is 30.4 Å². The first-order chi connectivity index (χ1) is 19.4. The maximum atomic E-state index is 13.1. The Kier molecular flexibility index (Phi) is 7.31. The standard InChI is InChI=1S/C32H39N3O5/c1-40-24-10-11-25-26(17-24)33-30-27(19-36)35(18-23-6-3-2-5-21(23)9-12-28(37)38)20-32(29(25)30)13-15-34(16-14-32)31(39)22-7-4-8-22/h2-3,5-6,10-11,17,22,27,33,36H,4,7-9,12-16,18-20H2,1H3,(H,37,38). The zero-order valence-electron chi connectivity index (χ0n) is 23.2. The van der Waals surface area contributed by atoms with Gasteiger partial charge in [0.25, 0.3) is 0 Å². The molecule has 8 heteroatoms. The van der Waals surface area contributed by atoms with Gasteiger partial charge in [-0.1, -0.05) is 30.7 Å². The Morgan fingerprint density at radius 2 is 1.85 bits per heavy atom. The quantitative estimate of drug-likeness (QED) is 0.387. The second kappa shape index (κ2) is 10.9. The van der Waals surface area contributed by atoms with Gasteiger partial charge in [0, 0.05) is 66.6 Å². The third kappa shape index (κ3) is 4.77. The Balaban J connectivity index is 1.37. The van der Waals surface area contributed by atoms with E-state index in [4.69, 9.17) is 4.74 Å². The Morgan fingerprint density at radius 3 is 2.50 bits per heavy atom. The fourth-order valence-electron chi connectivity index (χ4n) is 7.17. The van der Waals surface area contributed by atoms with Gasteiger partial charge in [0.1, 0.15) is 5.75 Å². The first-order valence-corrected chi connectivity index (χ1v) is 14.5. The highest BCUT2D eigenvalue weighted by molar-refractivity contribution is 5.88. The van der Waals surface area contributed by atoms with Crippen molar-refractivity contribution >= 4 is 22.8 Å². The number of aromatic amines is 1. The molecule has 1 aromatic heterocycles.